The lowest BCUT2D eigenvalue weighted by Crippen LogP contribution is -2.49. The molecule has 1 aromatic carbocycles. The second-order valence-electron chi connectivity index (χ2n) is 5.67. The average molecular weight is 297 g/mol. The van der Waals surface area contributed by atoms with Gasteiger partial charge in [0.25, 0.3) is 0 Å². The molecule has 0 radical (unpaired) electrons. The fourth-order valence-electron chi connectivity index (χ4n) is 3.32. The van der Waals surface area contributed by atoms with E-state index in [1.807, 2.05) is 18.2 Å². The Balaban J connectivity index is 2.06. The molecule has 1 aromatic rings. The fraction of sp³-hybridized carbons (Fsp3) is 0.625. The van der Waals surface area contributed by atoms with Gasteiger partial charge in [0, 0.05) is 12.1 Å². The normalized spacial score (nSPS) is 19.8. The topological polar surface area (TPSA) is 47.3 Å². The SMILES string of the molecule is COC(C1CCCCC1)C(Cc1ccccc1Cl)NN. The number of rotatable bonds is 6. The molecule has 1 aliphatic carbocycles. The van der Waals surface area contributed by atoms with Crippen LogP contribution in [0.5, 0.6) is 0 Å². The van der Waals surface area contributed by atoms with Crippen LogP contribution in [-0.2, 0) is 11.2 Å². The molecule has 3 N–H and O–H groups in total. The zero-order valence-electron chi connectivity index (χ0n) is 12.1. The molecule has 2 atom stereocenters. The van der Waals surface area contributed by atoms with Crippen molar-refractivity contribution in [2.24, 2.45) is 11.8 Å². The molecule has 0 saturated heterocycles. The van der Waals surface area contributed by atoms with Gasteiger partial charge in [0.1, 0.15) is 0 Å². The van der Waals surface area contributed by atoms with Crippen molar-refractivity contribution in [3.05, 3.63) is 34.9 Å². The summed E-state index contributed by atoms with van der Waals surface area (Å²) in [6, 6.07) is 8.04. The molecule has 0 amide bonds. The van der Waals surface area contributed by atoms with Crippen LogP contribution in [-0.4, -0.2) is 19.3 Å². The highest BCUT2D eigenvalue weighted by molar-refractivity contribution is 6.31. The molecule has 0 aromatic heterocycles. The Labute approximate surface area is 126 Å². The van der Waals surface area contributed by atoms with E-state index in [2.05, 4.69) is 11.5 Å². The minimum absolute atomic E-state index is 0.1000. The molecule has 2 unspecified atom stereocenters. The summed E-state index contributed by atoms with van der Waals surface area (Å²) in [5.41, 5.74) is 4.06. The van der Waals surface area contributed by atoms with Gasteiger partial charge in [0.2, 0.25) is 0 Å². The molecule has 0 bridgehead atoms. The van der Waals surface area contributed by atoms with Crippen LogP contribution in [0.3, 0.4) is 0 Å². The number of benzene rings is 1. The van der Waals surface area contributed by atoms with Crippen molar-refractivity contribution in [3.8, 4) is 0 Å². The van der Waals surface area contributed by atoms with Crippen molar-refractivity contribution in [1.29, 1.82) is 0 Å². The summed E-state index contributed by atoms with van der Waals surface area (Å²) in [6.07, 6.45) is 7.36. The number of hydrogen-bond acceptors (Lipinski definition) is 3. The summed E-state index contributed by atoms with van der Waals surface area (Å²) in [6.45, 7) is 0. The third-order valence-corrected chi connectivity index (χ3v) is 4.76. The number of ether oxygens (including phenoxy) is 1. The van der Waals surface area contributed by atoms with Crippen molar-refractivity contribution >= 4 is 11.6 Å². The number of methoxy groups -OCH3 is 1. The molecule has 0 spiro atoms. The van der Waals surface area contributed by atoms with Crippen LogP contribution < -0.4 is 11.3 Å². The molecular weight excluding hydrogens is 272 g/mol. The van der Waals surface area contributed by atoms with Crippen LogP contribution >= 0.6 is 11.6 Å². The summed E-state index contributed by atoms with van der Waals surface area (Å²) < 4.78 is 5.77. The van der Waals surface area contributed by atoms with E-state index in [1.165, 1.54) is 32.1 Å². The molecule has 0 aliphatic heterocycles. The van der Waals surface area contributed by atoms with Gasteiger partial charge in [0.15, 0.2) is 0 Å². The maximum absolute atomic E-state index is 6.25. The van der Waals surface area contributed by atoms with E-state index in [4.69, 9.17) is 22.2 Å². The Kier molecular flexibility index (Phi) is 6.30. The van der Waals surface area contributed by atoms with Crippen molar-refractivity contribution in [2.45, 2.75) is 50.7 Å². The summed E-state index contributed by atoms with van der Waals surface area (Å²) in [7, 11) is 1.79. The van der Waals surface area contributed by atoms with Crippen LogP contribution in [0.1, 0.15) is 37.7 Å². The van der Waals surface area contributed by atoms with E-state index >= 15 is 0 Å². The molecule has 112 valence electrons. The molecule has 2 rings (SSSR count). The first-order chi connectivity index (χ1) is 9.76. The zero-order valence-corrected chi connectivity index (χ0v) is 12.9. The Morgan fingerprint density at radius 3 is 2.60 bits per heavy atom. The first kappa shape index (κ1) is 15.8. The van der Waals surface area contributed by atoms with E-state index in [0.717, 1.165) is 17.0 Å². The van der Waals surface area contributed by atoms with E-state index in [0.29, 0.717) is 5.92 Å². The summed E-state index contributed by atoms with van der Waals surface area (Å²) in [4.78, 5) is 0. The van der Waals surface area contributed by atoms with Crippen molar-refractivity contribution in [3.63, 3.8) is 0 Å². The third kappa shape index (κ3) is 3.95. The minimum Gasteiger partial charge on any atom is -0.379 e. The summed E-state index contributed by atoms with van der Waals surface area (Å²) in [5.74, 6) is 6.38. The Morgan fingerprint density at radius 1 is 1.30 bits per heavy atom. The van der Waals surface area contributed by atoms with Gasteiger partial charge in [-0.3, -0.25) is 11.3 Å². The second kappa shape index (κ2) is 7.99. The lowest BCUT2D eigenvalue weighted by molar-refractivity contribution is 0.00828. The van der Waals surface area contributed by atoms with Gasteiger partial charge in [-0.1, -0.05) is 49.1 Å². The van der Waals surface area contributed by atoms with Gasteiger partial charge in [-0.25, -0.2) is 0 Å². The first-order valence-corrected chi connectivity index (χ1v) is 7.86. The number of nitrogens with one attached hydrogen (secondary N) is 1. The largest absolute Gasteiger partial charge is 0.379 e. The molecule has 0 heterocycles. The van der Waals surface area contributed by atoms with E-state index in [9.17, 15) is 0 Å². The van der Waals surface area contributed by atoms with Crippen molar-refractivity contribution in [1.82, 2.24) is 5.43 Å². The highest BCUT2D eigenvalue weighted by Crippen LogP contribution is 2.30. The van der Waals surface area contributed by atoms with E-state index in [1.54, 1.807) is 7.11 Å². The van der Waals surface area contributed by atoms with Gasteiger partial charge < -0.3 is 4.74 Å². The van der Waals surface area contributed by atoms with Crippen LogP contribution in [0.15, 0.2) is 24.3 Å². The summed E-state index contributed by atoms with van der Waals surface area (Å²) in [5, 5.41) is 0.797. The predicted molar refractivity (Wildman–Crippen MR) is 83.6 cm³/mol. The molecule has 3 nitrogen and oxygen atoms in total. The van der Waals surface area contributed by atoms with Gasteiger partial charge in [-0.15, -0.1) is 0 Å². The minimum atomic E-state index is 0.1000. The highest BCUT2D eigenvalue weighted by atomic mass is 35.5. The quantitative estimate of drug-likeness (QED) is 0.625. The van der Waals surface area contributed by atoms with Crippen LogP contribution in [0.4, 0.5) is 0 Å². The van der Waals surface area contributed by atoms with Crippen LogP contribution in [0, 0.1) is 5.92 Å². The maximum atomic E-state index is 6.25. The van der Waals surface area contributed by atoms with Crippen LogP contribution in [0.25, 0.3) is 0 Å². The molecule has 4 heteroatoms. The summed E-state index contributed by atoms with van der Waals surface area (Å²) >= 11 is 6.25. The molecule has 1 aliphatic rings. The fourth-order valence-corrected chi connectivity index (χ4v) is 3.53. The van der Waals surface area contributed by atoms with Gasteiger partial charge >= 0.3 is 0 Å². The molecule has 20 heavy (non-hydrogen) atoms. The third-order valence-electron chi connectivity index (χ3n) is 4.39. The van der Waals surface area contributed by atoms with Gasteiger partial charge in [-0.05, 0) is 36.8 Å². The Bertz CT molecular complexity index is 407. The molecule has 1 fully saturated rings. The average Bonchev–Trinajstić information content (AvgIpc) is 2.50. The molecular formula is C16H25ClN2O. The zero-order chi connectivity index (χ0) is 14.4. The smallest absolute Gasteiger partial charge is 0.0769 e. The van der Waals surface area contributed by atoms with Crippen LogP contribution in [0.2, 0.25) is 5.02 Å². The molecule has 1 saturated carbocycles. The van der Waals surface area contributed by atoms with Gasteiger partial charge in [0.05, 0.1) is 12.1 Å². The predicted octanol–water partition coefficient (Wildman–Crippen LogP) is 3.31. The van der Waals surface area contributed by atoms with Gasteiger partial charge in [-0.2, -0.15) is 0 Å². The lowest BCUT2D eigenvalue weighted by atomic mass is 9.81. The second-order valence-corrected chi connectivity index (χ2v) is 6.07. The number of halogens is 1. The Hall–Kier alpha value is -0.610. The van der Waals surface area contributed by atoms with Crippen molar-refractivity contribution < 1.29 is 4.74 Å². The number of hydrogen-bond donors (Lipinski definition) is 2. The first-order valence-electron chi connectivity index (χ1n) is 7.48. The van der Waals surface area contributed by atoms with E-state index < -0.39 is 0 Å². The maximum Gasteiger partial charge on any atom is 0.0769 e. The lowest BCUT2D eigenvalue weighted by Gasteiger charge is -2.34. The monoisotopic (exact) mass is 296 g/mol. The Morgan fingerprint density at radius 2 is 2.00 bits per heavy atom. The number of hydrazine groups is 1. The standard InChI is InChI=1S/C16H25ClN2O/c1-20-16(12-7-3-2-4-8-12)15(19-18)11-13-9-5-6-10-14(13)17/h5-6,9-10,12,15-16,19H,2-4,7-8,11,18H2,1H3. The van der Waals surface area contributed by atoms with E-state index in [-0.39, 0.29) is 12.1 Å². The van der Waals surface area contributed by atoms with Crippen molar-refractivity contribution in [2.75, 3.05) is 7.11 Å². The highest BCUT2D eigenvalue weighted by Gasteiger charge is 2.30. The number of nitrogens with two attached hydrogens (primary N) is 1.